The SMILES string of the molecule is C=CC1[C@@H](O)CC2[C@@H](OC(C)=O)CCC[C@@]21C. The summed E-state index contributed by atoms with van der Waals surface area (Å²) < 4.78 is 5.43. The molecule has 2 unspecified atom stereocenters. The average Bonchev–Trinajstić information content (AvgIpc) is 2.49. The molecular formula is C14H22O3. The lowest BCUT2D eigenvalue weighted by Gasteiger charge is -2.43. The molecule has 5 atom stereocenters. The quantitative estimate of drug-likeness (QED) is 0.593. The molecule has 0 bridgehead atoms. The zero-order chi connectivity index (χ0) is 12.6. The van der Waals surface area contributed by atoms with Crippen molar-refractivity contribution in [3.63, 3.8) is 0 Å². The van der Waals surface area contributed by atoms with Crippen LogP contribution in [-0.4, -0.2) is 23.3 Å². The lowest BCUT2D eigenvalue weighted by molar-refractivity contribution is -0.154. The molecule has 2 fully saturated rings. The van der Waals surface area contributed by atoms with Crippen LogP contribution in [0.3, 0.4) is 0 Å². The first-order valence-corrected chi connectivity index (χ1v) is 6.47. The fourth-order valence-electron chi connectivity index (χ4n) is 3.96. The minimum absolute atomic E-state index is 0.0224. The van der Waals surface area contributed by atoms with Crippen molar-refractivity contribution in [2.75, 3.05) is 0 Å². The third-order valence-electron chi connectivity index (χ3n) is 4.74. The highest BCUT2D eigenvalue weighted by atomic mass is 16.5. The Balaban J connectivity index is 2.22. The fourth-order valence-corrected chi connectivity index (χ4v) is 3.96. The molecule has 1 N–H and O–H groups in total. The van der Waals surface area contributed by atoms with E-state index >= 15 is 0 Å². The largest absolute Gasteiger partial charge is 0.462 e. The van der Waals surface area contributed by atoms with Crippen molar-refractivity contribution in [1.29, 1.82) is 0 Å². The lowest BCUT2D eigenvalue weighted by atomic mass is 9.64. The standard InChI is InChI=1S/C14H22O3/c1-4-10-12(16)8-11-13(17-9(2)15)6-5-7-14(10,11)3/h4,10-13,16H,1,5-8H2,2-3H3/t10?,11?,12-,13-,14+/m0/s1. The predicted molar refractivity (Wildman–Crippen MR) is 65.3 cm³/mol. The maximum atomic E-state index is 11.1. The van der Waals surface area contributed by atoms with E-state index in [1.165, 1.54) is 6.92 Å². The number of carbonyl (C=O) groups is 1. The van der Waals surface area contributed by atoms with E-state index in [2.05, 4.69) is 13.5 Å². The number of ether oxygens (including phenoxy) is 1. The molecule has 2 aliphatic rings. The van der Waals surface area contributed by atoms with Crippen LogP contribution in [0.25, 0.3) is 0 Å². The first-order valence-electron chi connectivity index (χ1n) is 6.47. The molecule has 3 heteroatoms. The van der Waals surface area contributed by atoms with Crippen molar-refractivity contribution in [3.05, 3.63) is 12.7 Å². The van der Waals surface area contributed by atoms with Gasteiger partial charge in [0.15, 0.2) is 0 Å². The Kier molecular flexibility index (Phi) is 3.30. The molecule has 0 radical (unpaired) electrons. The average molecular weight is 238 g/mol. The van der Waals surface area contributed by atoms with Gasteiger partial charge in [-0.3, -0.25) is 4.79 Å². The number of fused-ring (bicyclic) bond motifs is 1. The molecule has 3 nitrogen and oxygen atoms in total. The van der Waals surface area contributed by atoms with E-state index in [-0.39, 0.29) is 35.4 Å². The second-order valence-corrected chi connectivity index (χ2v) is 5.72. The highest BCUT2D eigenvalue weighted by Gasteiger charge is 2.55. The van der Waals surface area contributed by atoms with Crippen LogP contribution in [0.2, 0.25) is 0 Å². The van der Waals surface area contributed by atoms with Crippen LogP contribution in [0.4, 0.5) is 0 Å². The summed E-state index contributed by atoms with van der Waals surface area (Å²) in [5.41, 5.74) is 0.0412. The van der Waals surface area contributed by atoms with Crippen LogP contribution in [0.5, 0.6) is 0 Å². The molecule has 0 aromatic carbocycles. The van der Waals surface area contributed by atoms with Crippen LogP contribution in [0.15, 0.2) is 12.7 Å². The van der Waals surface area contributed by atoms with Gasteiger partial charge in [0.25, 0.3) is 0 Å². The predicted octanol–water partition coefficient (Wildman–Crippen LogP) is 2.29. The highest BCUT2D eigenvalue weighted by Crippen LogP contribution is 2.56. The van der Waals surface area contributed by atoms with Gasteiger partial charge in [0.05, 0.1) is 6.10 Å². The Morgan fingerprint density at radius 3 is 2.88 bits per heavy atom. The Labute approximate surface area is 103 Å². The maximum Gasteiger partial charge on any atom is 0.302 e. The van der Waals surface area contributed by atoms with E-state index in [1.807, 2.05) is 6.08 Å². The summed E-state index contributed by atoms with van der Waals surface area (Å²) >= 11 is 0. The minimum Gasteiger partial charge on any atom is -0.462 e. The van der Waals surface area contributed by atoms with E-state index in [0.29, 0.717) is 0 Å². The summed E-state index contributed by atoms with van der Waals surface area (Å²) in [6.07, 6.45) is 5.32. The number of hydrogen-bond acceptors (Lipinski definition) is 3. The molecule has 0 heterocycles. The molecule has 0 amide bonds. The molecule has 96 valence electrons. The number of hydrogen-bond donors (Lipinski definition) is 1. The summed E-state index contributed by atoms with van der Waals surface area (Å²) in [6, 6.07) is 0. The molecule has 0 aromatic heterocycles. The first kappa shape index (κ1) is 12.6. The topological polar surface area (TPSA) is 46.5 Å². The van der Waals surface area contributed by atoms with Gasteiger partial charge in [0, 0.05) is 18.8 Å². The van der Waals surface area contributed by atoms with E-state index in [0.717, 1.165) is 25.7 Å². The number of esters is 1. The van der Waals surface area contributed by atoms with Gasteiger partial charge < -0.3 is 9.84 Å². The summed E-state index contributed by atoms with van der Waals surface area (Å²) in [7, 11) is 0. The molecule has 0 aliphatic heterocycles. The van der Waals surface area contributed by atoms with Crippen molar-refractivity contribution in [3.8, 4) is 0 Å². The Bertz CT molecular complexity index is 325. The minimum atomic E-state index is -0.335. The van der Waals surface area contributed by atoms with Gasteiger partial charge in [-0.25, -0.2) is 0 Å². The van der Waals surface area contributed by atoms with Gasteiger partial charge in [-0.15, -0.1) is 6.58 Å². The molecule has 0 spiro atoms. The van der Waals surface area contributed by atoms with Crippen molar-refractivity contribution in [2.24, 2.45) is 17.3 Å². The van der Waals surface area contributed by atoms with Gasteiger partial charge in [0.1, 0.15) is 6.10 Å². The highest BCUT2D eigenvalue weighted by molar-refractivity contribution is 5.66. The first-order chi connectivity index (χ1) is 7.99. The van der Waals surface area contributed by atoms with Gasteiger partial charge in [-0.2, -0.15) is 0 Å². The van der Waals surface area contributed by atoms with Crippen LogP contribution >= 0.6 is 0 Å². The third-order valence-corrected chi connectivity index (χ3v) is 4.74. The van der Waals surface area contributed by atoms with E-state index in [9.17, 15) is 9.90 Å². The Morgan fingerprint density at radius 1 is 1.59 bits per heavy atom. The third kappa shape index (κ3) is 2.01. The number of aliphatic hydroxyl groups is 1. The number of rotatable bonds is 2. The maximum absolute atomic E-state index is 11.1. The van der Waals surface area contributed by atoms with Crippen LogP contribution < -0.4 is 0 Å². The molecule has 0 aromatic rings. The number of carbonyl (C=O) groups excluding carboxylic acids is 1. The summed E-state index contributed by atoms with van der Waals surface area (Å²) in [4.78, 5) is 11.1. The molecule has 2 aliphatic carbocycles. The van der Waals surface area contributed by atoms with E-state index < -0.39 is 0 Å². The molecule has 17 heavy (non-hydrogen) atoms. The van der Waals surface area contributed by atoms with Crippen LogP contribution in [-0.2, 0) is 9.53 Å². The van der Waals surface area contributed by atoms with Gasteiger partial charge in [0.2, 0.25) is 0 Å². The van der Waals surface area contributed by atoms with Crippen molar-refractivity contribution < 1.29 is 14.6 Å². The van der Waals surface area contributed by atoms with Gasteiger partial charge >= 0.3 is 5.97 Å². The van der Waals surface area contributed by atoms with Gasteiger partial charge in [-0.05, 0) is 31.1 Å². The molecule has 0 saturated heterocycles. The fraction of sp³-hybridized carbons (Fsp3) is 0.786. The second-order valence-electron chi connectivity index (χ2n) is 5.72. The van der Waals surface area contributed by atoms with Crippen molar-refractivity contribution in [1.82, 2.24) is 0 Å². The summed E-state index contributed by atoms with van der Waals surface area (Å²) in [5, 5.41) is 10.1. The zero-order valence-corrected chi connectivity index (χ0v) is 10.7. The van der Waals surface area contributed by atoms with Gasteiger partial charge in [-0.1, -0.05) is 13.0 Å². The Hall–Kier alpha value is -0.830. The van der Waals surface area contributed by atoms with E-state index in [1.54, 1.807) is 0 Å². The lowest BCUT2D eigenvalue weighted by Crippen LogP contribution is -2.41. The second kappa shape index (κ2) is 4.45. The summed E-state index contributed by atoms with van der Waals surface area (Å²) in [6.45, 7) is 7.51. The van der Waals surface area contributed by atoms with Crippen LogP contribution in [0, 0.1) is 17.3 Å². The Morgan fingerprint density at radius 2 is 2.29 bits per heavy atom. The molecular weight excluding hydrogens is 216 g/mol. The number of aliphatic hydroxyl groups excluding tert-OH is 1. The normalized spacial score (nSPS) is 45.1. The summed E-state index contributed by atoms with van der Waals surface area (Å²) in [5.74, 6) is 0.194. The zero-order valence-electron chi connectivity index (χ0n) is 10.7. The van der Waals surface area contributed by atoms with E-state index in [4.69, 9.17) is 4.74 Å². The molecule has 2 rings (SSSR count). The monoisotopic (exact) mass is 238 g/mol. The molecule has 2 saturated carbocycles. The smallest absolute Gasteiger partial charge is 0.302 e. The van der Waals surface area contributed by atoms with Crippen molar-refractivity contribution >= 4 is 5.97 Å². The van der Waals surface area contributed by atoms with Crippen LogP contribution in [0.1, 0.15) is 39.5 Å². The van der Waals surface area contributed by atoms with Crippen molar-refractivity contribution in [2.45, 2.75) is 51.7 Å².